The monoisotopic (exact) mass is 597 g/mol. The molecular weight excluding hydrogens is 562 g/mol. The molecule has 4 nitrogen and oxygen atoms in total. The van der Waals surface area contributed by atoms with E-state index in [0.29, 0.717) is 17.5 Å². The standard InChI is InChI=1S/C42H35N3O/c1-26(2)31-17-11-18-32(27(3)4)39(31)45-37-24-23-36(29-15-9-6-10-16-29)43-41(37)44-42(45)35-20-12-19-34-33-22-21-30(25-38(33)46-40(34)35)28-13-7-5-8-14-28/h5-27H,1-4H3. The zero-order valence-electron chi connectivity index (χ0n) is 26.5. The van der Waals surface area contributed by atoms with Crippen LogP contribution < -0.4 is 0 Å². The van der Waals surface area contributed by atoms with E-state index >= 15 is 0 Å². The molecule has 0 radical (unpaired) electrons. The van der Waals surface area contributed by atoms with Crippen LogP contribution in [0, 0.1) is 0 Å². The van der Waals surface area contributed by atoms with Gasteiger partial charge in [-0.2, -0.15) is 0 Å². The van der Waals surface area contributed by atoms with Crippen LogP contribution in [0.4, 0.5) is 0 Å². The molecule has 0 saturated carbocycles. The Kier molecular flexibility index (Phi) is 6.79. The van der Waals surface area contributed by atoms with Crippen molar-refractivity contribution in [3.63, 3.8) is 0 Å². The minimum atomic E-state index is 0.314. The number of para-hydroxylation sites is 2. The zero-order valence-corrected chi connectivity index (χ0v) is 26.5. The largest absolute Gasteiger partial charge is 0.455 e. The summed E-state index contributed by atoms with van der Waals surface area (Å²) in [5.74, 6) is 1.46. The average Bonchev–Trinajstić information content (AvgIpc) is 3.66. The first kappa shape index (κ1) is 28.0. The van der Waals surface area contributed by atoms with Gasteiger partial charge in [-0.05, 0) is 64.4 Å². The Morgan fingerprint density at radius 1 is 0.565 bits per heavy atom. The quantitative estimate of drug-likeness (QED) is 0.191. The summed E-state index contributed by atoms with van der Waals surface area (Å²) in [6, 6.07) is 44.6. The summed E-state index contributed by atoms with van der Waals surface area (Å²) in [6.45, 7) is 9.05. The number of imidazole rings is 1. The second kappa shape index (κ2) is 11.1. The molecule has 3 heterocycles. The number of fused-ring (bicyclic) bond motifs is 4. The van der Waals surface area contributed by atoms with Gasteiger partial charge in [0.2, 0.25) is 0 Å². The summed E-state index contributed by atoms with van der Waals surface area (Å²) in [7, 11) is 0. The molecule has 0 bridgehead atoms. The first-order valence-corrected chi connectivity index (χ1v) is 16.1. The highest BCUT2D eigenvalue weighted by Crippen LogP contribution is 2.41. The van der Waals surface area contributed by atoms with Crippen LogP contribution in [0.15, 0.2) is 132 Å². The van der Waals surface area contributed by atoms with Crippen molar-refractivity contribution in [3.8, 4) is 39.5 Å². The lowest BCUT2D eigenvalue weighted by atomic mass is 9.92. The van der Waals surface area contributed by atoms with Crippen molar-refractivity contribution in [2.75, 3.05) is 0 Å². The Morgan fingerprint density at radius 3 is 1.93 bits per heavy atom. The molecule has 0 unspecified atom stereocenters. The summed E-state index contributed by atoms with van der Waals surface area (Å²) in [5, 5.41) is 2.17. The van der Waals surface area contributed by atoms with E-state index in [0.717, 1.165) is 55.7 Å². The fourth-order valence-corrected chi connectivity index (χ4v) is 6.69. The average molecular weight is 598 g/mol. The van der Waals surface area contributed by atoms with E-state index in [-0.39, 0.29) is 0 Å². The maximum atomic E-state index is 6.76. The van der Waals surface area contributed by atoms with Crippen LogP contribution in [0.25, 0.3) is 72.6 Å². The number of hydrogen-bond acceptors (Lipinski definition) is 3. The number of pyridine rings is 1. The lowest BCUT2D eigenvalue weighted by Gasteiger charge is -2.22. The van der Waals surface area contributed by atoms with Gasteiger partial charge in [0.15, 0.2) is 11.5 Å². The van der Waals surface area contributed by atoms with E-state index in [1.165, 1.54) is 22.4 Å². The Morgan fingerprint density at radius 2 is 1.24 bits per heavy atom. The number of nitrogens with zero attached hydrogens (tertiary/aromatic N) is 3. The molecule has 0 aliphatic carbocycles. The van der Waals surface area contributed by atoms with Gasteiger partial charge in [-0.1, -0.05) is 125 Å². The van der Waals surface area contributed by atoms with E-state index < -0.39 is 0 Å². The van der Waals surface area contributed by atoms with Crippen LogP contribution in [0.1, 0.15) is 50.7 Å². The van der Waals surface area contributed by atoms with Crippen molar-refractivity contribution in [3.05, 3.63) is 139 Å². The minimum absolute atomic E-state index is 0.314. The maximum Gasteiger partial charge on any atom is 0.179 e. The molecule has 0 saturated heterocycles. The van der Waals surface area contributed by atoms with Crippen molar-refractivity contribution in [1.29, 1.82) is 0 Å². The zero-order chi connectivity index (χ0) is 31.4. The van der Waals surface area contributed by atoms with Gasteiger partial charge >= 0.3 is 0 Å². The Balaban J connectivity index is 1.43. The number of furan rings is 1. The number of hydrogen-bond donors (Lipinski definition) is 0. The molecule has 0 amide bonds. The van der Waals surface area contributed by atoms with Gasteiger partial charge in [0.05, 0.1) is 22.5 Å². The lowest BCUT2D eigenvalue weighted by Crippen LogP contribution is -2.08. The second-order valence-corrected chi connectivity index (χ2v) is 12.6. The van der Waals surface area contributed by atoms with Crippen LogP contribution in [-0.4, -0.2) is 14.5 Å². The molecule has 3 aromatic heterocycles. The predicted octanol–water partition coefficient (Wildman–Crippen LogP) is 11.6. The van der Waals surface area contributed by atoms with Crippen LogP contribution in [0.5, 0.6) is 0 Å². The Labute approximate surface area is 269 Å². The minimum Gasteiger partial charge on any atom is -0.455 e. The molecule has 0 N–H and O–H groups in total. The van der Waals surface area contributed by atoms with Crippen molar-refractivity contribution in [2.45, 2.75) is 39.5 Å². The second-order valence-electron chi connectivity index (χ2n) is 12.6. The molecule has 0 aliphatic rings. The number of aromatic nitrogens is 3. The molecule has 224 valence electrons. The molecule has 4 heteroatoms. The van der Waals surface area contributed by atoms with Crippen molar-refractivity contribution >= 4 is 33.1 Å². The molecule has 5 aromatic carbocycles. The highest BCUT2D eigenvalue weighted by molar-refractivity contribution is 6.10. The fraction of sp³-hybridized carbons (Fsp3) is 0.143. The lowest BCUT2D eigenvalue weighted by molar-refractivity contribution is 0.669. The maximum absolute atomic E-state index is 6.76. The molecule has 8 rings (SSSR count). The molecule has 46 heavy (non-hydrogen) atoms. The van der Waals surface area contributed by atoms with Gasteiger partial charge in [-0.25, -0.2) is 9.97 Å². The van der Waals surface area contributed by atoms with Crippen LogP contribution >= 0.6 is 0 Å². The third-order valence-corrected chi connectivity index (χ3v) is 9.00. The molecule has 0 aliphatic heterocycles. The summed E-state index contributed by atoms with van der Waals surface area (Å²) in [4.78, 5) is 10.5. The fourth-order valence-electron chi connectivity index (χ4n) is 6.69. The van der Waals surface area contributed by atoms with Gasteiger partial charge in [-0.15, -0.1) is 0 Å². The highest BCUT2D eigenvalue weighted by atomic mass is 16.3. The van der Waals surface area contributed by atoms with Crippen LogP contribution in [-0.2, 0) is 0 Å². The van der Waals surface area contributed by atoms with Crippen molar-refractivity contribution in [2.24, 2.45) is 0 Å². The summed E-state index contributed by atoms with van der Waals surface area (Å²) < 4.78 is 9.09. The van der Waals surface area contributed by atoms with Gasteiger partial charge in [-0.3, -0.25) is 4.57 Å². The normalized spacial score (nSPS) is 11.9. The molecule has 0 fully saturated rings. The summed E-state index contributed by atoms with van der Waals surface area (Å²) in [5.41, 5.74) is 12.3. The smallest absolute Gasteiger partial charge is 0.179 e. The highest BCUT2D eigenvalue weighted by Gasteiger charge is 2.25. The van der Waals surface area contributed by atoms with Gasteiger partial charge in [0.25, 0.3) is 0 Å². The van der Waals surface area contributed by atoms with Gasteiger partial charge in [0, 0.05) is 16.3 Å². The predicted molar refractivity (Wildman–Crippen MR) is 191 cm³/mol. The number of benzene rings is 5. The molecular formula is C42H35N3O. The third kappa shape index (κ3) is 4.60. The Hall–Kier alpha value is -5.48. The van der Waals surface area contributed by atoms with E-state index in [4.69, 9.17) is 14.4 Å². The van der Waals surface area contributed by atoms with E-state index in [9.17, 15) is 0 Å². The first-order chi connectivity index (χ1) is 22.5. The van der Waals surface area contributed by atoms with E-state index in [1.54, 1.807) is 0 Å². The van der Waals surface area contributed by atoms with Crippen LogP contribution in [0.3, 0.4) is 0 Å². The van der Waals surface area contributed by atoms with E-state index in [2.05, 4.69) is 135 Å². The first-order valence-electron chi connectivity index (χ1n) is 16.1. The SMILES string of the molecule is CC(C)c1cccc(C(C)C)c1-n1c(-c2cccc3c2oc2cc(-c4ccccc4)ccc23)nc2nc(-c3ccccc3)ccc21. The van der Waals surface area contributed by atoms with Crippen molar-refractivity contribution in [1.82, 2.24) is 14.5 Å². The van der Waals surface area contributed by atoms with Crippen molar-refractivity contribution < 1.29 is 4.42 Å². The summed E-state index contributed by atoms with van der Waals surface area (Å²) in [6.07, 6.45) is 0. The summed E-state index contributed by atoms with van der Waals surface area (Å²) >= 11 is 0. The third-order valence-electron chi connectivity index (χ3n) is 9.00. The topological polar surface area (TPSA) is 43.9 Å². The molecule has 0 spiro atoms. The van der Waals surface area contributed by atoms with Gasteiger partial charge in [0.1, 0.15) is 11.2 Å². The molecule has 0 atom stereocenters. The van der Waals surface area contributed by atoms with Gasteiger partial charge < -0.3 is 4.42 Å². The molecule has 8 aromatic rings. The number of rotatable bonds is 6. The Bertz CT molecular complexity index is 2340. The van der Waals surface area contributed by atoms with Crippen LogP contribution in [0.2, 0.25) is 0 Å². The van der Waals surface area contributed by atoms with E-state index in [1.807, 2.05) is 24.3 Å².